The number of Topliss-reactive ketones (excluding diaryl/α,β-unsaturated/α-hetero) is 2. The summed E-state index contributed by atoms with van der Waals surface area (Å²) in [5.74, 6) is -3.97. The molecular formula is C29H34N2O9S. The van der Waals surface area contributed by atoms with Crippen molar-refractivity contribution in [3.8, 4) is 5.75 Å². The molecule has 2 atom stereocenters. The van der Waals surface area contributed by atoms with Crippen LogP contribution in [0.5, 0.6) is 5.75 Å². The Balaban J connectivity index is 1.58. The molecule has 1 N–H and O–H groups in total. The topological polar surface area (TPSA) is 145 Å². The van der Waals surface area contributed by atoms with E-state index >= 15 is 0 Å². The zero-order valence-corrected chi connectivity index (χ0v) is 23.6. The number of sulfonamides is 1. The van der Waals surface area contributed by atoms with Crippen molar-refractivity contribution in [2.45, 2.75) is 55.6 Å². The highest BCUT2D eigenvalue weighted by atomic mass is 32.2. The molecule has 12 heteroatoms. The lowest BCUT2D eigenvalue weighted by Gasteiger charge is -2.25. The molecular weight excluding hydrogens is 552 g/mol. The van der Waals surface area contributed by atoms with Crippen LogP contribution in [-0.4, -0.2) is 75.3 Å². The van der Waals surface area contributed by atoms with E-state index in [4.69, 9.17) is 14.2 Å². The third-order valence-corrected chi connectivity index (χ3v) is 9.01. The van der Waals surface area contributed by atoms with Gasteiger partial charge >= 0.3 is 12.0 Å². The molecule has 0 unspecified atom stereocenters. The average Bonchev–Trinajstić information content (AvgIpc) is 3.69. The minimum Gasteiger partial charge on any atom is -0.497 e. The molecule has 0 spiro atoms. The van der Waals surface area contributed by atoms with Gasteiger partial charge in [0, 0.05) is 19.4 Å². The monoisotopic (exact) mass is 586 g/mol. The summed E-state index contributed by atoms with van der Waals surface area (Å²) in [6, 6.07) is 12.6. The standard InChI is InChI=1S/C29H34N2O9S/c1-38-22-11-13-24(14-12-22)41(36,37)31(18-21-9-5-6-10-21)28(34)27(33)26(32)25(17-20-7-3-2-4-8-20)30-29(35)40-23-15-16-39-19-23/h2-4,7-8,11-14,21,23,25H,5-6,9-10,15-19H2,1H3,(H,30,35)/t23-,25+/m0/s1. The lowest BCUT2D eigenvalue weighted by atomic mass is 9.99. The first-order valence-electron chi connectivity index (χ1n) is 13.6. The number of nitrogens with one attached hydrogen (secondary N) is 1. The van der Waals surface area contributed by atoms with Crippen LogP contribution in [0.25, 0.3) is 0 Å². The van der Waals surface area contributed by atoms with Gasteiger partial charge in [-0.05, 0) is 48.6 Å². The second-order valence-electron chi connectivity index (χ2n) is 10.1. The van der Waals surface area contributed by atoms with Crippen LogP contribution in [0.15, 0.2) is 59.5 Å². The smallest absolute Gasteiger partial charge is 0.408 e. The largest absolute Gasteiger partial charge is 0.497 e. The summed E-state index contributed by atoms with van der Waals surface area (Å²) < 4.78 is 43.3. The van der Waals surface area contributed by atoms with Crippen molar-refractivity contribution >= 4 is 33.6 Å². The third kappa shape index (κ3) is 7.70. The molecule has 0 aromatic heterocycles. The molecule has 220 valence electrons. The lowest BCUT2D eigenvalue weighted by molar-refractivity contribution is -0.148. The Kier molecular flexibility index (Phi) is 10.1. The minimum atomic E-state index is -4.49. The van der Waals surface area contributed by atoms with Gasteiger partial charge in [-0.25, -0.2) is 17.5 Å². The molecule has 0 bridgehead atoms. The van der Waals surface area contributed by atoms with Gasteiger partial charge < -0.3 is 19.5 Å². The Morgan fingerprint density at radius 2 is 1.68 bits per heavy atom. The van der Waals surface area contributed by atoms with Gasteiger partial charge in [-0.1, -0.05) is 43.2 Å². The molecule has 1 saturated carbocycles. The Labute approximate surface area is 239 Å². The van der Waals surface area contributed by atoms with E-state index in [1.54, 1.807) is 30.3 Å². The predicted molar refractivity (Wildman–Crippen MR) is 147 cm³/mol. The van der Waals surface area contributed by atoms with Gasteiger partial charge in [-0.2, -0.15) is 0 Å². The van der Waals surface area contributed by atoms with Crippen LogP contribution in [-0.2, 0) is 40.3 Å². The number of amides is 2. The van der Waals surface area contributed by atoms with Gasteiger partial charge in [0.05, 0.1) is 25.2 Å². The maximum Gasteiger partial charge on any atom is 0.408 e. The van der Waals surface area contributed by atoms with Crippen molar-refractivity contribution < 1.29 is 41.8 Å². The van der Waals surface area contributed by atoms with Gasteiger partial charge in [0.1, 0.15) is 17.9 Å². The van der Waals surface area contributed by atoms with Crippen molar-refractivity contribution in [3.63, 3.8) is 0 Å². The Hall–Kier alpha value is -3.77. The number of nitrogens with zero attached hydrogens (tertiary/aromatic N) is 1. The van der Waals surface area contributed by atoms with E-state index in [-0.39, 0.29) is 30.4 Å². The fraction of sp³-hybridized carbons (Fsp3) is 0.448. The van der Waals surface area contributed by atoms with Crippen LogP contribution in [0.3, 0.4) is 0 Å². The van der Waals surface area contributed by atoms with E-state index in [9.17, 15) is 27.6 Å². The minimum absolute atomic E-state index is 0.108. The first-order valence-corrected chi connectivity index (χ1v) is 15.0. The third-order valence-electron chi connectivity index (χ3n) is 7.24. The van der Waals surface area contributed by atoms with E-state index in [1.165, 1.54) is 31.4 Å². The number of ether oxygens (including phenoxy) is 3. The van der Waals surface area contributed by atoms with Gasteiger partial charge in [-0.15, -0.1) is 0 Å². The van der Waals surface area contributed by atoms with Gasteiger partial charge in [-0.3, -0.25) is 14.4 Å². The molecule has 11 nitrogen and oxygen atoms in total. The van der Waals surface area contributed by atoms with Crippen molar-refractivity contribution in [1.29, 1.82) is 0 Å². The van der Waals surface area contributed by atoms with Crippen molar-refractivity contribution in [2.75, 3.05) is 26.9 Å². The number of carbonyl (C=O) groups is 4. The van der Waals surface area contributed by atoms with E-state index in [2.05, 4.69) is 5.32 Å². The highest BCUT2D eigenvalue weighted by Gasteiger charge is 2.41. The lowest BCUT2D eigenvalue weighted by Crippen LogP contribution is -2.52. The molecule has 4 rings (SSSR count). The molecule has 1 saturated heterocycles. The first-order chi connectivity index (χ1) is 19.7. The molecule has 2 aliphatic rings. The first kappa shape index (κ1) is 30.2. The van der Waals surface area contributed by atoms with Crippen LogP contribution in [0.4, 0.5) is 4.79 Å². The zero-order chi connectivity index (χ0) is 29.4. The molecule has 2 amide bonds. The van der Waals surface area contributed by atoms with E-state index < -0.39 is 45.7 Å². The fourth-order valence-corrected chi connectivity index (χ4v) is 6.40. The average molecular weight is 587 g/mol. The number of ketones is 2. The number of hydrogen-bond donors (Lipinski definition) is 1. The van der Waals surface area contributed by atoms with Crippen molar-refractivity contribution in [2.24, 2.45) is 5.92 Å². The van der Waals surface area contributed by atoms with Crippen LogP contribution < -0.4 is 10.1 Å². The zero-order valence-electron chi connectivity index (χ0n) is 22.8. The number of methoxy groups -OCH3 is 1. The second-order valence-corrected chi connectivity index (χ2v) is 12.0. The summed E-state index contributed by atoms with van der Waals surface area (Å²) in [6.07, 6.45) is 2.07. The number of hydrogen-bond acceptors (Lipinski definition) is 9. The molecule has 2 fully saturated rings. The van der Waals surface area contributed by atoms with Crippen molar-refractivity contribution in [1.82, 2.24) is 9.62 Å². The van der Waals surface area contributed by atoms with Crippen LogP contribution >= 0.6 is 0 Å². The molecule has 2 aromatic rings. The van der Waals surface area contributed by atoms with Gasteiger partial charge in [0.25, 0.3) is 15.8 Å². The Bertz CT molecular complexity index is 1330. The SMILES string of the molecule is COc1ccc(S(=O)(=O)N(CC2CCCC2)C(=O)C(=O)C(=O)[C@@H](Cc2ccccc2)NC(=O)O[C@H]2CCOC2)cc1. The number of alkyl carbamates (subject to hydrolysis) is 1. The number of carbonyl (C=O) groups excluding carboxylic acids is 4. The predicted octanol–water partition coefficient (Wildman–Crippen LogP) is 2.67. The number of benzene rings is 2. The maximum absolute atomic E-state index is 13.6. The molecule has 1 heterocycles. The fourth-order valence-electron chi connectivity index (χ4n) is 4.96. The summed E-state index contributed by atoms with van der Waals surface area (Å²) in [6.45, 7) is 0.408. The molecule has 1 aliphatic carbocycles. The number of rotatable bonds is 12. The molecule has 2 aromatic carbocycles. The summed E-state index contributed by atoms with van der Waals surface area (Å²) in [4.78, 5) is 52.7. The summed E-state index contributed by atoms with van der Waals surface area (Å²) in [5.41, 5.74) is 0.615. The second kappa shape index (κ2) is 13.7. The Morgan fingerprint density at radius 1 is 1.00 bits per heavy atom. The molecule has 1 aliphatic heterocycles. The van der Waals surface area contributed by atoms with E-state index in [0.717, 1.165) is 12.8 Å². The van der Waals surface area contributed by atoms with E-state index in [0.29, 0.717) is 41.5 Å². The van der Waals surface area contributed by atoms with Gasteiger partial charge in [0.2, 0.25) is 5.78 Å². The normalized spacial score (nSPS) is 17.9. The highest BCUT2D eigenvalue weighted by molar-refractivity contribution is 7.89. The van der Waals surface area contributed by atoms with Crippen LogP contribution in [0.2, 0.25) is 0 Å². The molecule has 41 heavy (non-hydrogen) atoms. The maximum atomic E-state index is 13.6. The van der Waals surface area contributed by atoms with Crippen LogP contribution in [0, 0.1) is 5.92 Å². The van der Waals surface area contributed by atoms with Crippen LogP contribution in [0.1, 0.15) is 37.7 Å². The van der Waals surface area contributed by atoms with Crippen molar-refractivity contribution in [3.05, 3.63) is 60.2 Å². The summed E-state index contributed by atoms with van der Waals surface area (Å²) in [5, 5.41) is 2.40. The van der Waals surface area contributed by atoms with Gasteiger partial charge in [0.15, 0.2) is 0 Å². The Morgan fingerprint density at radius 3 is 2.29 bits per heavy atom. The summed E-state index contributed by atoms with van der Waals surface area (Å²) in [7, 11) is -3.05. The van der Waals surface area contributed by atoms with E-state index in [1.807, 2.05) is 0 Å². The summed E-state index contributed by atoms with van der Waals surface area (Å²) >= 11 is 0. The molecule has 0 radical (unpaired) electrons. The quantitative estimate of drug-likeness (QED) is 0.293. The highest BCUT2D eigenvalue weighted by Crippen LogP contribution is 2.28.